The summed E-state index contributed by atoms with van der Waals surface area (Å²) in [5, 5.41) is 25.3. The highest BCUT2D eigenvalue weighted by molar-refractivity contribution is 5.77. The molecule has 308 valence electrons. The minimum atomic E-state index is -0.242. The lowest BCUT2D eigenvalue weighted by Crippen LogP contribution is -2.58. The Kier molecular flexibility index (Phi) is 17.0. The maximum atomic E-state index is 13.2. The standard InChI is InChI=1S/C49H78N2O4/c1-5-6-7-8-9-10-11-12-13-14-15-16-17-18-19-20-21-22-46(55)51-33-29-39(30-34-51)50-45(54)26-23-37(2)41-24-25-42-47-43(28-32-49(41,42)4)48(3)31-27-40(52)35-38(48)36-44(47)53/h6-7,9-10,12-13,15-16,18-19,37-44,47,52-53H,5,8,11,14,17,20-36H2,1-4H3,(H,50,54)/t37-,38+,40-,41?,42+,43+,44-,47+,48+,49-/m1/s1. The minimum absolute atomic E-state index is 0.163. The molecule has 5 aliphatic rings. The maximum Gasteiger partial charge on any atom is 0.222 e. The second-order valence-corrected chi connectivity index (χ2v) is 18.8. The highest BCUT2D eigenvalue weighted by Crippen LogP contribution is 2.68. The Hall–Kier alpha value is -2.44. The molecule has 1 aliphatic heterocycles. The van der Waals surface area contributed by atoms with Gasteiger partial charge in [0, 0.05) is 32.0 Å². The van der Waals surface area contributed by atoms with Crippen molar-refractivity contribution in [2.24, 2.45) is 46.3 Å². The highest BCUT2D eigenvalue weighted by atomic mass is 16.3. The molecule has 0 bridgehead atoms. The van der Waals surface area contributed by atoms with Gasteiger partial charge in [0.1, 0.15) is 0 Å². The number of rotatable bonds is 18. The van der Waals surface area contributed by atoms with Gasteiger partial charge in [-0.1, -0.05) is 88.5 Å². The van der Waals surface area contributed by atoms with Gasteiger partial charge in [-0.15, -0.1) is 0 Å². The number of nitrogens with one attached hydrogen (secondary N) is 1. The second-order valence-electron chi connectivity index (χ2n) is 18.8. The molecule has 0 aromatic carbocycles. The largest absolute Gasteiger partial charge is 0.393 e. The third-order valence-electron chi connectivity index (χ3n) is 15.4. The first-order valence-corrected chi connectivity index (χ1v) is 22.7. The van der Waals surface area contributed by atoms with Crippen molar-refractivity contribution in [3.05, 3.63) is 60.8 Å². The Labute approximate surface area is 335 Å². The SMILES string of the molecule is CCC=CCC=CCC=CCC=CCC=CCCCC(=O)N1CCC(NC(=O)CC[C@@H](C)C2CC[C@H]3[C@@H]4[C@H](O)C[C@@H]5C[C@H](O)CC[C@]5(C)[C@H]4CC[C@]23C)CC1. The van der Waals surface area contributed by atoms with E-state index in [4.69, 9.17) is 0 Å². The van der Waals surface area contributed by atoms with Crippen molar-refractivity contribution in [2.75, 3.05) is 13.1 Å². The summed E-state index contributed by atoms with van der Waals surface area (Å²) in [5.41, 5.74) is 0.497. The summed E-state index contributed by atoms with van der Waals surface area (Å²) in [6, 6.07) is 0.163. The van der Waals surface area contributed by atoms with Crippen LogP contribution in [-0.2, 0) is 9.59 Å². The van der Waals surface area contributed by atoms with Crippen molar-refractivity contribution >= 4 is 11.8 Å². The number of hydrogen-bond acceptors (Lipinski definition) is 4. The number of unbranched alkanes of at least 4 members (excludes halogenated alkanes) is 1. The summed E-state index contributed by atoms with van der Waals surface area (Å²) in [7, 11) is 0. The molecule has 1 saturated heterocycles. The average molecular weight is 759 g/mol. The molecule has 2 amide bonds. The molecule has 0 radical (unpaired) electrons. The quantitative estimate of drug-likeness (QED) is 0.0959. The number of fused-ring (bicyclic) bond motifs is 5. The molecule has 4 saturated carbocycles. The normalized spacial score (nSPS) is 34.9. The molecule has 1 heterocycles. The van der Waals surface area contributed by atoms with Crippen LogP contribution >= 0.6 is 0 Å². The van der Waals surface area contributed by atoms with Crippen LogP contribution in [-0.4, -0.2) is 58.3 Å². The van der Waals surface area contributed by atoms with Crippen LogP contribution in [0.1, 0.15) is 156 Å². The molecule has 0 spiro atoms. The monoisotopic (exact) mass is 759 g/mol. The van der Waals surface area contributed by atoms with Crippen LogP contribution in [0.5, 0.6) is 0 Å². The predicted octanol–water partition coefficient (Wildman–Crippen LogP) is 10.4. The summed E-state index contributed by atoms with van der Waals surface area (Å²) < 4.78 is 0. The number of hydrogen-bond donors (Lipinski definition) is 3. The number of piperidine rings is 1. The van der Waals surface area contributed by atoms with E-state index in [1.165, 1.54) is 25.7 Å². The maximum absolute atomic E-state index is 13.2. The second kappa shape index (κ2) is 21.4. The Balaban J connectivity index is 0.928. The zero-order valence-corrected chi connectivity index (χ0v) is 35.2. The van der Waals surface area contributed by atoms with Gasteiger partial charge in [-0.25, -0.2) is 0 Å². The van der Waals surface area contributed by atoms with Gasteiger partial charge in [-0.05, 0) is 162 Å². The summed E-state index contributed by atoms with van der Waals surface area (Å²) in [4.78, 5) is 28.0. The number of carbonyl (C=O) groups excluding carboxylic acids is 2. The summed E-state index contributed by atoms with van der Waals surface area (Å²) >= 11 is 0. The van der Waals surface area contributed by atoms with E-state index < -0.39 is 0 Å². The van der Waals surface area contributed by atoms with Gasteiger partial charge in [0.25, 0.3) is 0 Å². The fourth-order valence-electron chi connectivity index (χ4n) is 12.2. The molecule has 55 heavy (non-hydrogen) atoms. The van der Waals surface area contributed by atoms with Crippen molar-refractivity contribution in [2.45, 2.75) is 174 Å². The van der Waals surface area contributed by atoms with Crippen LogP contribution in [0.2, 0.25) is 0 Å². The fourth-order valence-corrected chi connectivity index (χ4v) is 12.2. The number of carbonyl (C=O) groups is 2. The van der Waals surface area contributed by atoms with Gasteiger partial charge in [0.05, 0.1) is 12.2 Å². The van der Waals surface area contributed by atoms with Gasteiger partial charge >= 0.3 is 0 Å². The predicted molar refractivity (Wildman–Crippen MR) is 227 cm³/mol. The van der Waals surface area contributed by atoms with E-state index in [1.54, 1.807) is 0 Å². The lowest BCUT2D eigenvalue weighted by molar-refractivity contribution is -0.174. The Morgan fingerprint density at radius 1 is 0.745 bits per heavy atom. The van der Waals surface area contributed by atoms with E-state index in [9.17, 15) is 19.8 Å². The molecule has 5 fully saturated rings. The first kappa shape index (κ1) is 43.7. The highest BCUT2D eigenvalue weighted by Gasteiger charge is 2.62. The third-order valence-corrected chi connectivity index (χ3v) is 15.4. The number of aliphatic hydroxyl groups is 2. The van der Waals surface area contributed by atoms with Crippen LogP contribution in [0, 0.1) is 46.3 Å². The van der Waals surface area contributed by atoms with E-state index >= 15 is 0 Å². The van der Waals surface area contributed by atoms with Crippen molar-refractivity contribution in [1.29, 1.82) is 0 Å². The molecule has 0 aromatic heterocycles. The van der Waals surface area contributed by atoms with E-state index in [1.807, 2.05) is 4.90 Å². The van der Waals surface area contributed by atoms with Gasteiger partial charge in [-0.2, -0.15) is 0 Å². The zero-order chi connectivity index (χ0) is 39.3. The van der Waals surface area contributed by atoms with Crippen molar-refractivity contribution in [1.82, 2.24) is 10.2 Å². The van der Waals surface area contributed by atoms with Crippen LogP contribution in [0.15, 0.2) is 60.8 Å². The van der Waals surface area contributed by atoms with Gasteiger partial charge < -0.3 is 20.4 Å². The summed E-state index contributed by atoms with van der Waals surface area (Å²) in [6.07, 6.45) is 40.9. The van der Waals surface area contributed by atoms with E-state index in [0.717, 1.165) is 103 Å². The van der Waals surface area contributed by atoms with Crippen LogP contribution in [0.25, 0.3) is 0 Å². The van der Waals surface area contributed by atoms with Gasteiger partial charge in [0.15, 0.2) is 0 Å². The minimum Gasteiger partial charge on any atom is -0.393 e. The zero-order valence-electron chi connectivity index (χ0n) is 35.2. The molecule has 6 heteroatoms. The number of aliphatic hydroxyl groups excluding tert-OH is 2. The van der Waals surface area contributed by atoms with E-state index in [2.05, 4.69) is 93.8 Å². The van der Waals surface area contributed by atoms with Crippen molar-refractivity contribution in [3.8, 4) is 0 Å². The molecular weight excluding hydrogens is 681 g/mol. The number of amides is 2. The Morgan fingerprint density at radius 2 is 1.35 bits per heavy atom. The van der Waals surface area contributed by atoms with Crippen LogP contribution in [0.3, 0.4) is 0 Å². The molecule has 1 unspecified atom stereocenters. The average Bonchev–Trinajstić information content (AvgIpc) is 3.53. The first-order valence-electron chi connectivity index (χ1n) is 22.7. The van der Waals surface area contributed by atoms with E-state index in [-0.39, 0.29) is 40.9 Å². The van der Waals surface area contributed by atoms with E-state index in [0.29, 0.717) is 48.3 Å². The Bertz CT molecular complexity index is 1360. The molecule has 0 aromatic rings. The fraction of sp³-hybridized carbons (Fsp3) is 0.755. The third kappa shape index (κ3) is 11.6. The van der Waals surface area contributed by atoms with Crippen LogP contribution < -0.4 is 5.32 Å². The first-order chi connectivity index (χ1) is 26.6. The molecule has 6 nitrogen and oxygen atoms in total. The molecule has 5 rings (SSSR count). The van der Waals surface area contributed by atoms with Crippen LogP contribution in [0.4, 0.5) is 0 Å². The molecule has 4 aliphatic carbocycles. The number of nitrogens with zero attached hydrogens (tertiary/aromatic N) is 1. The lowest BCUT2D eigenvalue weighted by Gasteiger charge is -2.62. The topological polar surface area (TPSA) is 89.9 Å². The Morgan fingerprint density at radius 3 is 2.00 bits per heavy atom. The molecule has 10 atom stereocenters. The van der Waals surface area contributed by atoms with Gasteiger partial charge in [-0.3, -0.25) is 9.59 Å². The summed E-state index contributed by atoms with van der Waals surface area (Å²) in [6.45, 7) is 11.0. The molecular formula is C49H78N2O4. The molecule has 3 N–H and O–H groups in total. The summed E-state index contributed by atoms with van der Waals surface area (Å²) in [5.74, 6) is 3.48. The number of allylic oxidation sites excluding steroid dienone is 10. The number of likely N-dealkylation sites (tertiary alicyclic amines) is 1. The van der Waals surface area contributed by atoms with Gasteiger partial charge in [0.2, 0.25) is 11.8 Å². The smallest absolute Gasteiger partial charge is 0.222 e. The lowest BCUT2D eigenvalue weighted by atomic mass is 9.43. The van der Waals surface area contributed by atoms with Crippen molar-refractivity contribution in [3.63, 3.8) is 0 Å². The van der Waals surface area contributed by atoms with Crippen molar-refractivity contribution < 1.29 is 19.8 Å².